The number of aryl methyl sites for hydroxylation is 2. The highest BCUT2D eigenvalue weighted by Crippen LogP contribution is 2.27. The third-order valence-corrected chi connectivity index (χ3v) is 5.34. The summed E-state index contributed by atoms with van der Waals surface area (Å²) in [6.45, 7) is 8.37. The first-order valence-electron chi connectivity index (χ1n) is 8.95. The highest BCUT2D eigenvalue weighted by Gasteiger charge is 2.16. The number of nitrogens with zero attached hydrogens (tertiary/aromatic N) is 3. The van der Waals surface area contributed by atoms with E-state index in [1.165, 1.54) is 11.8 Å². The first kappa shape index (κ1) is 19.9. The van der Waals surface area contributed by atoms with Crippen molar-refractivity contribution in [3.8, 4) is 17.1 Å². The van der Waals surface area contributed by atoms with Gasteiger partial charge in [0.1, 0.15) is 5.75 Å². The topological polar surface area (TPSA) is 57.0 Å². The van der Waals surface area contributed by atoms with Crippen LogP contribution in [0.2, 0.25) is 0 Å². The van der Waals surface area contributed by atoms with Gasteiger partial charge >= 0.3 is 0 Å². The Hall–Kier alpha value is -2.86. The van der Waals surface area contributed by atoms with Gasteiger partial charge in [0.25, 0.3) is 0 Å². The first-order valence-corrected chi connectivity index (χ1v) is 9.94. The largest absolute Gasteiger partial charge is 0.497 e. The predicted molar refractivity (Wildman–Crippen MR) is 113 cm³/mol. The van der Waals surface area contributed by atoms with Crippen molar-refractivity contribution in [2.75, 3.05) is 12.9 Å². The van der Waals surface area contributed by atoms with Crippen LogP contribution in [-0.4, -0.2) is 33.4 Å². The minimum atomic E-state index is 0.0820. The normalized spacial score (nSPS) is 10.7. The molecule has 3 rings (SSSR count). The van der Waals surface area contributed by atoms with Gasteiger partial charge in [-0.2, -0.15) is 0 Å². The zero-order valence-electron chi connectivity index (χ0n) is 16.3. The van der Waals surface area contributed by atoms with Crippen LogP contribution in [0.5, 0.6) is 5.75 Å². The smallest absolute Gasteiger partial charge is 0.192 e. The molecule has 0 radical (unpaired) electrons. The number of benzene rings is 2. The molecule has 0 spiro atoms. The Kier molecular flexibility index (Phi) is 6.31. The highest BCUT2D eigenvalue weighted by molar-refractivity contribution is 7.99. The van der Waals surface area contributed by atoms with E-state index in [-0.39, 0.29) is 5.78 Å². The number of carbonyl (C=O) groups is 1. The molecule has 28 heavy (non-hydrogen) atoms. The number of hydrogen-bond donors (Lipinski definition) is 0. The summed E-state index contributed by atoms with van der Waals surface area (Å²) in [5.74, 6) is 1.86. The lowest BCUT2D eigenvalue weighted by molar-refractivity contribution is 0.102. The average Bonchev–Trinajstić information content (AvgIpc) is 3.09. The van der Waals surface area contributed by atoms with Gasteiger partial charge in [-0.05, 0) is 31.5 Å². The predicted octanol–water partition coefficient (Wildman–Crippen LogP) is 4.73. The molecule has 0 aliphatic heterocycles. The molecule has 1 aromatic heterocycles. The molecule has 6 heteroatoms. The number of carbonyl (C=O) groups excluding carboxylic acids is 1. The molecule has 0 saturated carbocycles. The minimum absolute atomic E-state index is 0.0820. The summed E-state index contributed by atoms with van der Waals surface area (Å²) in [5.41, 5.74) is 3.80. The van der Waals surface area contributed by atoms with Gasteiger partial charge in [0, 0.05) is 17.7 Å². The van der Waals surface area contributed by atoms with E-state index in [0.717, 1.165) is 33.8 Å². The van der Waals surface area contributed by atoms with Crippen LogP contribution >= 0.6 is 11.8 Å². The summed E-state index contributed by atoms with van der Waals surface area (Å²) in [5, 5.41) is 9.33. The van der Waals surface area contributed by atoms with Gasteiger partial charge in [-0.15, -0.1) is 16.8 Å². The highest BCUT2D eigenvalue weighted by atomic mass is 32.2. The van der Waals surface area contributed by atoms with Crippen molar-refractivity contribution in [3.05, 3.63) is 71.8 Å². The quantitative estimate of drug-likeness (QED) is 0.315. The van der Waals surface area contributed by atoms with Crippen molar-refractivity contribution in [1.82, 2.24) is 14.8 Å². The summed E-state index contributed by atoms with van der Waals surface area (Å²) in [4.78, 5) is 12.7. The average molecular weight is 394 g/mol. The van der Waals surface area contributed by atoms with Gasteiger partial charge in [0.05, 0.1) is 12.9 Å². The maximum atomic E-state index is 12.7. The Morgan fingerprint density at radius 1 is 1.21 bits per heavy atom. The lowest BCUT2D eigenvalue weighted by Gasteiger charge is -2.09. The number of ether oxygens (including phenoxy) is 1. The standard InChI is InChI=1S/C22H23N3O2S/c1-5-11-25-21(17-7-6-8-18(13-17)27-4)23-24-22(25)28-14-20(26)19-10-9-15(2)12-16(19)3/h5-10,12-13H,1,11,14H2,2-4H3. The van der Waals surface area contributed by atoms with E-state index in [9.17, 15) is 4.79 Å². The minimum Gasteiger partial charge on any atom is -0.497 e. The second kappa shape index (κ2) is 8.89. The number of hydrogen-bond acceptors (Lipinski definition) is 5. The molecule has 0 atom stereocenters. The Balaban J connectivity index is 1.83. The number of allylic oxidation sites excluding steroid dienone is 1. The first-order chi connectivity index (χ1) is 13.5. The summed E-state index contributed by atoms with van der Waals surface area (Å²) < 4.78 is 7.26. The van der Waals surface area contributed by atoms with Gasteiger partial charge in [-0.25, -0.2) is 0 Å². The molecule has 5 nitrogen and oxygen atoms in total. The van der Waals surface area contributed by atoms with Crippen LogP contribution in [0.4, 0.5) is 0 Å². The molecule has 1 heterocycles. The molecule has 0 bridgehead atoms. The molecule has 0 N–H and O–H groups in total. The number of Topliss-reactive ketones (excluding diaryl/α,β-unsaturated/α-hetero) is 1. The van der Waals surface area contributed by atoms with Crippen molar-refractivity contribution in [3.63, 3.8) is 0 Å². The Morgan fingerprint density at radius 3 is 2.75 bits per heavy atom. The van der Waals surface area contributed by atoms with Crippen LogP contribution in [0, 0.1) is 13.8 Å². The molecule has 0 saturated heterocycles. The van der Waals surface area contributed by atoms with E-state index in [4.69, 9.17) is 4.74 Å². The summed E-state index contributed by atoms with van der Waals surface area (Å²) in [6, 6.07) is 13.6. The maximum Gasteiger partial charge on any atom is 0.192 e. The van der Waals surface area contributed by atoms with E-state index in [1.54, 1.807) is 13.2 Å². The van der Waals surface area contributed by atoms with Gasteiger partial charge in [0.15, 0.2) is 16.8 Å². The molecule has 0 aliphatic carbocycles. The monoisotopic (exact) mass is 393 g/mol. The van der Waals surface area contributed by atoms with Gasteiger partial charge in [-0.1, -0.05) is 53.7 Å². The second-order valence-corrected chi connectivity index (χ2v) is 7.41. The number of ketones is 1. The van der Waals surface area contributed by atoms with Crippen LogP contribution in [0.15, 0.2) is 60.3 Å². The van der Waals surface area contributed by atoms with Gasteiger partial charge in [-0.3, -0.25) is 9.36 Å². The van der Waals surface area contributed by atoms with Gasteiger partial charge in [0.2, 0.25) is 0 Å². The van der Waals surface area contributed by atoms with Crippen molar-refractivity contribution in [2.24, 2.45) is 0 Å². The van der Waals surface area contributed by atoms with E-state index >= 15 is 0 Å². The van der Waals surface area contributed by atoms with E-state index in [1.807, 2.05) is 60.9 Å². The fourth-order valence-electron chi connectivity index (χ4n) is 3.00. The molecule has 0 amide bonds. The zero-order valence-corrected chi connectivity index (χ0v) is 17.1. The Labute approximate surface area is 169 Å². The zero-order chi connectivity index (χ0) is 20.1. The van der Waals surface area contributed by atoms with Crippen LogP contribution in [0.25, 0.3) is 11.4 Å². The fraction of sp³-hybridized carbons (Fsp3) is 0.227. The van der Waals surface area contributed by atoms with E-state index in [2.05, 4.69) is 16.8 Å². The molecular formula is C22H23N3O2S. The van der Waals surface area contributed by atoms with Crippen molar-refractivity contribution < 1.29 is 9.53 Å². The number of methoxy groups -OCH3 is 1. The summed E-state index contributed by atoms with van der Waals surface area (Å²) in [6.07, 6.45) is 1.79. The van der Waals surface area contributed by atoms with Crippen LogP contribution in [0.1, 0.15) is 21.5 Å². The van der Waals surface area contributed by atoms with Crippen molar-refractivity contribution in [1.29, 1.82) is 0 Å². The Morgan fingerprint density at radius 2 is 2.04 bits per heavy atom. The van der Waals surface area contributed by atoms with Crippen LogP contribution < -0.4 is 4.74 Å². The second-order valence-electron chi connectivity index (χ2n) is 6.47. The lowest BCUT2D eigenvalue weighted by atomic mass is 10.0. The molecule has 3 aromatic rings. The van der Waals surface area contributed by atoms with E-state index in [0.29, 0.717) is 17.5 Å². The van der Waals surface area contributed by atoms with Crippen LogP contribution in [0.3, 0.4) is 0 Å². The number of rotatable bonds is 8. The fourth-order valence-corrected chi connectivity index (χ4v) is 3.83. The number of thioether (sulfide) groups is 1. The molecular weight excluding hydrogens is 370 g/mol. The van der Waals surface area contributed by atoms with Crippen LogP contribution in [-0.2, 0) is 6.54 Å². The third-order valence-electron chi connectivity index (χ3n) is 4.37. The van der Waals surface area contributed by atoms with E-state index < -0.39 is 0 Å². The maximum absolute atomic E-state index is 12.7. The molecule has 144 valence electrons. The molecule has 0 aliphatic rings. The van der Waals surface area contributed by atoms with Gasteiger partial charge < -0.3 is 4.74 Å². The molecule has 0 fully saturated rings. The SMILES string of the molecule is C=CCn1c(SCC(=O)c2ccc(C)cc2C)nnc1-c1cccc(OC)c1. The molecule has 0 unspecified atom stereocenters. The van der Waals surface area contributed by atoms with Crippen molar-refractivity contribution in [2.45, 2.75) is 25.5 Å². The third kappa shape index (κ3) is 4.34. The van der Waals surface area contributed by atoms with Crippen molar-refractivity contribution >= 4 is 17.5 Å². The summed E-state index contributed by atoms with van der Waals surface area (Å²) in [7, 11) is 1.63. The summed E-state index contributed by atoms with van der Waals surface area (Å²) >= 11 is 1.39. The Bertz CT molecular complexity index is 1010. The molecule has 2 aromatic carbocycles. The lowest BCUT2D eigenvalue weighted by Crippen LogP contribution is -2.07. The number of aromatic nitrogens is 3.